The first-order valence-electron chi connectivity index (χ1n) is 10.5. The Morgan fingerprint density at radius 2 is 1.91 bits per heavy atom. The van der Waals surface area contributed by atoms with E-state index in [1.807, 2.05) is 46.8 Å². The number of carbonyl (C=O) groups is 1. The molecule has 0 spiro atoms. The highest BCUT2D eigenvalue weighted by Gasteiger charge is 2.29. The molecule has 0 fully saturated rings. The van der Waals surface area contributed by atoms with Gasteiger partial charge in [-0.2, -0.15) is 0 Å². The second kappa shape index (κ2) is 8.31. The van der Waals surface area contributed by atoms with Crippen molar-refractivity contribution in [2.24, 2.45) is 5.41 Å². The van der Waals surface area contributed by atoms with Crippen LogP contribution in [0.25, 0.3) is 31.8 Å². The molecule has 0 saturated carbocycles. The molecule has 0 radical (unpaired) electrons. The van der Waals surface area contributed by atoms with Gasteiger partial charge in [-0.05, 0) is 48.6 Å². The van der Waals surface area contributed by atoms with Gasteiger partial charge in [0.2, 0.25) is 0 Å². The van der Waals surface area contributed by atoms with Gasteiger partial charge < -0.3 is 9.84 Å². The maximum absolute atomic E-state index is 11.8. The number of aromatic nitrogens is 3. The molecule has 4 aromatic rings. The molecule has 0 amide bonds. The van der Waals surface area contributed by atoms with Crippen LogP contribution in [0.1, 0.15) is 59.6 Å². The predicted molar refractivity (Wildman–Crippen MR) is 128 cm³/mol. The lowest BCUT2D eigenvalue weighted by Gasteiger charge is -2.28. The molecule has 2 aromatic heterocycles. The summed E-state index contributed by atoms with van der Waals surface area (Å²) in [6, 6.07) is 5.91. The summed E-state index contributed by atoms with van der Waals surface area (Å²) in [5.41, 5.74) is 6.64. The Morgan fingerprint density at radius 3 is 2.56 bits per heavy atom. The van der Waals surface area contributed by atoms with Crippen LogP contribution >= 0.6 is 11.3 Å². The number of carbonyl (C=O) groups excluding carboxylic acids is 1. The van der Waals surface area contributed by atoms with Crippen molar-refractivity contribution in [3.8, 4) is 10.6 Å². The molecular formula is C25H27N3O3S. The molecule has 0 aliphatic rings. The summed E-state index contributed by atoms with van der Waals surface area (Å²) in [6.45, 7) is 10.2. The molecule has 1 N–H and O–H groups in total. The van der Waals surface area contributed by atoms with E-state index in [2.05, 4.69) is 16.0 Å². The summed E-state index contributed by atoms with van der Waals surface area (Å²) in [6.07, 6.45) is 1.81. The van der Waals surface area contributed by atoms with E-state index in [4.69, 9.17) is 9.72 Å². The maximum Gasteiger partial charge on any atom is 0.150 e. The predicted octanol–water partition coefficient (Wildman–Crippen LogP) is 5.56. The van der Waals surface area contributed by atoms with Crippen molar-refractivity contribution in [3.63, 3.8) is 0 Å². The molecule has 1 unspecified atom stereocenters. The molecule has 0 aliphatic heterocycles. The highest BCUT2D eigenvalue weighted by atomic mass is 32.1. The van der Waals surface area contributed by atoms with Gasteiger partial charge in [-0.1, -0.05) is 20.8 Å². The first-order valence-corrected chi connectivity index (χ1v) is 11.3. The molecule has 6 nitrogen and oxygen atoms in total. The third-order valence-electron chi connectivity index (χ3n) is 5.62. The number of ether oxygens (including phenoxy) is 1. The van der Waals surface area contributed by atoms with E-state index in [9.17, 15) is 9.90 Å². The minimum absolute atomic E-state index is 0.398. The Balaban J connectivity index is 1.99. The Morgan fingerprint density at radius 1 is 1.16 bits per heavy atom. The second-order valence-electron chi connectivity index (χ2n) is 9.23. The minimum Gasteiger partial charge on any atom is -0.388 e. The van der Waals surface area contributed by atoms with E-state index < -0.39 is 11.5 Å². The maximum atomic E-state index is 11.8. The van der Waals surface area contributed by atoms with Crippen LogP contribution in [0.3, 0.4) is 0 Å². The van der Waals surface area contributed by atoms with Crippen LogP contribution < -0.4 is 0 Å². The SMILES string of the molecule is COCc1cnc2c(-c3nc4c(C(O)C(C)(C)C)c(C)c(C=O)cc4s3)cc(C)cc2n1. The summed E-state index contributed by atoms with van der Waals surface area (Å²) >= 11 is 1.50. The van der Waals surface area contributed by atoms with Crippen LogP contribution in [0.2, 0.25) is 0 Å². The number of fused-ring (bicyclic) bond motifs is 2. The molecule has 2 heterocycles. The van der Waals surface area contributed by atoms with E-state index >= 15 is 0 Å². The number of nitrogens with zero attached hydrogens (tertiary/aromatic N) is 3. The van der Waals surface area contributed by atoms with Gasteiger partial charge in [-0.25, -0.2) is 9.97 Å². The standard InChI is InChI=1S/C25H27N3O3S/c1-13-7-17(21-18(8-13)27-16(10-26-21)12-31-6)24-28-22-19(32-24)9-15(11-29)14(2)20(22)23(30)25(3,4)5/h7-11,23,30H,12H2,1-6H3. The average molecular weight is 450 g/mol. The normalized spacial score (nSPS) is 13.1. The minimum atomic E-state index is -0.759. The van der Waals surface area contributed by atoms with Crippen LogP contribution in [-0.4, -0.2) is 33.5 Å². The van der Waals surface area contributed by atoms with Gasteiger partial charge in [0, 0.05) is 23.8 Å². The molecular weight excluding hydrogens is 422 g/mol. The molecule has 1 atom stereocenters. The summed E-state index contributed by atoms with van der Waals surface area (Å²) in [4.78, 5) is 26.0. The summed E-state index contributed by atoms with van der Waals surface area (Å²) < 4.78 is 6.06. The van der Waals surface area contributed by atoms with Gasteiger partial charge in [0.05, 0.1) is 45.9 Å². The van der Waals surface area contributed by atoms with Gasteiger partial charge in [-0.15, -0.1) is 11.3 Å². The zero-order valence-electron chi connectivity index (χ0n) is 19.2. The van der Waals surface area contributed by atoms with Crippen LogP contribution in [0.4, 0.5) is 0 Å². The second-order valence-corrected chi connectivity index (χ2v) is 10.3. The lowest BCUT2D eigenvalue weighted by Crippen LogP contribution is -2.19. The van der Waals surface area contributed by atoms with E-state index in [1.165, 1.54) is 11.3 Å². The van der Waals surface area contributed by atoms with Crippen molar-refractivity contribution in [3.05, 3.63) is 52.3 Å². The zero-order chi connectivity index (χ0) is 23.2. The van der Waals surface area contributed by atoms with Gasteiger partial charge in [0.1, 0.15) is 11.3 Å². The highest BCUT2D eigenvalue weighted by molar-refractivity contribution is 7.21. The third-order valence-corrected chi connectivity index (χ3v) is 6.65. The average Bonchev–Trinajstić information content (AvgIpc) is 3.15. The third kappa shape index (κ3) is 3.92. The number of aliphatic hydroxyl groups is 1. The fourth-order valence-electron chi connectivity index (χ4n) is 3.89. The number of aryl methyl sites for hydroxylation is 1. The van der Waals surface area contributed by atoms with Gasteiger partial charge in [-0.3, -0.25) is 9.78 Å². The van der Waals surface area contributed by atoms with E-state index in [0.29, 0.717) is 17.7 Å². The van der Waals surface area contributed by atoms with Crippen molar-refractivity contribution in [2.45, 2.75) is 47.3 Å². The monoisotopic (exact) mass is 449 g/mol. The number of aliphatic hydroxyl groups excluding tert-OH is 1. The number of aldehydes is 1. The first kappa shape index (κ1) is 22.5. The lowest BCUT2D eigenvalue weighted by molar-refractivity contribution is 0.0632. The van der Waals surface area contributed by atoms with Crippen molar-refractivity contribution in [1.82, 2.24) is 15.0 Å². The zero-order valence-corrected chi connectivity index (χ0v) is 20.0. The van der Waals surface area contributed by atoms with E-state index in [-0.39, 0.29) is 0 Å². The Labute approximate surface area is 191 Å². The molecule has 166 valence electrons. The molecule has 0 saturated heterocycles. The van der Waals surface area contributed by atoms with Crippen LogP contribution in [0.5, 0.6) is 0 Å². The summed E-state index contributed by atoms with van der Waals surface area (Å²) in [5, 5.41) is 11.9. The van der Waals surface area contributed by atoms with Crippen LogP contribution in [0.15, 0.2) is 24.4 Å². The molecule has 0 aliphatic carbocycles. The lowest BCUT2D eigenvalue weighted by atomic mass is 9.82. The number of methoxy groups -OCH3 is 1. The fraction of sp³-hybridized carbons (Fsp3) is 0.360. The Kier molecular flexibility index (Phi) is 5.83. The quantitative estimate of drug-likeness (QED) is 0.401. The number of benzene rings is 2. The molecule has 0 bridgehead atoms. The highest BCUT2D eigenvalue weighted by Crippen LogP contribution is 2.42. The van der Waals surface area contributed by atoms with Crippen molar-refractivity contribution in [2.75, 3.05) is 7.11 Å². The number of hydrogen-bond donors (Lipinski definition) is 1. The number of hydrogen-bond acceptors (Lipinski definition) is 7. The van der Waals surface area contributed by atoms with Gasteiger partial charge in [0.25, 0.3) is 0 Å². The summed E-state index contributed by atoms with van der Waals surface area (Å²) in [5.74, 6) is 0. The number of thiazole rings is 1. The molecule has 32 heavy (non-hydrogen) atoms. The fourth-order valence-corrected chi connectivity index (χ4v) is 4.94. The topological polar surface area (TPSA) is 85.2 Å². The van der Waals surface area contributed by atoms with Crippen molar-refractivity contribution >= 4 is 38.9 Å². The number of rotatable bonds is 5. The van der Waals surface area contributed by atoms with Crippen LogP contribution in [0, 0.1) is 19.3 Å². The van der Waals surface area contributed by atoms with Crippen molar-refractivity contribution < 1.29 is 14.6 Å². The van der Waals surface area contributed by atoms with Gasteiger partial charge in [0.15, 0.2) is 0 Å². The van der Waals surface area contributed by atoms with E-state index in [1.54, 1.807) is 13.3 Å². The molecule has 4 rings (SSSR count). The van der Waals surface area contributed by atoms with Crippen LogP contribution in [-0.2, 0) is 11.3 Å². The Bertz CT molecular complexity index is 1340. The molecule has 2 aromatic carbocycles. The summed E-state index contributed by atoms with van der Waals surface area (Å²) in [7, 11) is 1.63. The smallest absolute Gasteiger partial charge is 0.150 e. The molecule has 7 heteroatoms. The van der Waals surface area contributed by atoms with Gasteiger partial charge >= 0.3 is 0 Å². The largest absolute Gasteiger partial charge is 0.388 e. The van der Waals surface area contributed by atoms with E-state index in [0.717, 1.165) is 54.9 Å². The van der Waals surface area contributed by atoms with Crippen molar-refractivity contribution in [1.29, 1.82) is 0 Å². The first-order chi connectivity index (χ1) is 15.1. The Hall–Kier alpha value is -2.74.